The number of hydrogen-bond donors (Lipinski definition) is 3. The third-order valence-corrected chi connectivity index (χ3v) is 5.83. The summed E-state index contributed by atoms with van der Waals surface area (Å²) in [4.78, 5) is 12.8. The SMILES string of the molecule is CCOC(=O)[C@@H](Cc1ccc2ccc(C(=N)N)cc2c1)c1ccc(O[C@H]2CCNC2)cc1.Cl. The van der Waals surface area contributed by atoms with E-state index in [1.165, 1.54) is 0 Å². The summed E-state index contributed by atoms with van der Waals surface area (Å²) in [5, 5.41) is 13.0. The van der Waals surface area contributed by atoms with Gasteiger partial charge in [-0.05, 0) is 66.4 Å². The van der Waals surface area contributed by atoms with Crippen LogP contribution in [0.1, 0.15) is 36.0 Å². The second-order valence-electron chi connectivity index (χ2n) is 8.12. The zero-order valence-corrected chi connectivity index (χ0v) is 19.5. The van der Waals surface area contributed by atoms with E-state index < -0.39 is 5.92 Å². The number of fused-ring (bicyclic) bond motifs is 1. The van der Waals surface area contributed by atoms with Crippen LogP contribution in [0.3, 0.4) is 0 Å². The van der Waals surface area contributed by atoms with Crippen LogP contribution in [0, 0.1) is 5.41 Å². The molecule has 174 valence electrons. The zero-order valence-electron chi connectivity index (χ0n) is 18.7. The fourth-order valence-electron chi connectivity index (χ4n) is 4.11. The Morgan fingerprint density at radius 2 is 1.88 bits per heavy atom. The van der Waals surface area contributed by atoms with E-state index in [0.717, 1.165) is 47.2 Å². The van der Waals surface area contributed by atoms with E-state index >= 15 is 0 Å². The van der Waals surface area contributed by atoms with Gasteiger partial charge in [0.15, 0.2) is 0 Å². The van der Waals surface area contributed by atoms with Crippen LogP contribution in [0.5, 0.6) is 5.75 Å². The van der Waals surface area contributed by atoms with E-state index in [2.05, 4.69) is 11.4 Å². The van der Waals surface area contributed by atoms with Gasteiger partial charge in [0.05, 0.1) is 12.5 Å². The summed E-state index contributed by atoms with van der Waals surface area (Å²) < 4.78 is 11.4. The molecular formula is C26H30ClN3O3. The second-order valence-corrected chi connectivity index (χ2v) is 8.12. The Labute approximate surface area is 200 Å². The minimum absolute atomic E-state index is 0. The first kappa shape index (κ1) is 24.6. The van der Waals surface area contributed by atoms with Gasteiger partial charge >= 0.3 is 5.97 Å². The van der Waals surface area contributed by atoms with Gasteiger partial charge in [-0.15, -0.1) is 12.4 Å². The molecule has 0 unspecified atom stereocenters. The number of carbonyl (C=O) groups is 1. The number of amidine groups is 1. The van der Waals surface area contributed by atoms with Crippen molar-refractivity contribution in [3.05, 3.63) is 77.4 Å². The van der Waals surface area contributed by atoms with Crippen LogP contribution in [0.25, 0.3) is 10.8 Å². The van der Waals surface area contributed by atoms with Gasteiger partial charge in [0, 0.05) is 12.1 Å². The summed E-state index contributed by atoms with van der Waals surface area (Å²) in [5.41, 5.74) is 8.25. The van der Waals surface area contributed by atoms with Crippen LogP contribution >= 0.6 is 12.4 Å². The minimum Gasteiger partial charge on any atom is -0.489 e. The fourth-order valence-corrected chi connectivity index (χ4v) is 4.11. The molecular weight excluding hydrogens is 438 g/mol. The second kappa shape index (κ2) is 11.2. The number of rotatable bonds is 8. The molecule has 0 bridgehead atoms. The third-order valence-electron chi connectivity index (χ3n) is 5.83. The molecule has 0 aromatic heterocycles. The number of hydrogen-bond acceptors (Lipinski definition) is 5. The average molecular weight is 468 g/mol. The highest BCUT2D eigenvalue weighted by atomic mass is 35.5. The molecule has 0 radical (unpaired) electrons. The van der Waals surface area contributed by atoms with Gasteiger partial charge in [0.25, 0.3) is 0 Å². The van der Waals surface area contributed by atoms with Crippen molar-refractivity contribution in [1.29, 1.82) is 5.41 Å². The standard InChI is InChI=1S/C26H29N3O3.ClH/c1-2-31-26(30)24(19-7-9-22(10-8-19)32-23-11-12-29-16-23)14-17-3-4-18-5-6-20(25(27)28)15-21(18)13-17;/h3-10,13,15,23-24,29H,2,11-12,14,16H2,1H3,(H3,27,28);1H/t23-,24-;/m0./s1. The minimum atomic E-state index is -0.411. The molecule has 2 atom stereocenters. The van der Waals surface area contributed by atoms with Crippen molar-refractivity contribution in [2.24, 2.45) is 5.73 Å². The molecule has 3 aromatic carbocycles. The topological polar surface area (TPSA) is 97.4 Å². The van der Waals surface area contributed by atoms with Crippen LogP contribution in [0.2, 0.25) is 0 Å². The van der Waals surface area contributed by atoms with Crippen molar-refractivity contribution in [3.8, 4) is 5.75 Å². The quantitative estimate of drug-likeness (QED) is 0.262. The van der Waals surface area contributed by atoms with Crippen molar-refractivity contribution < 1.29 is 14.3 Å². The monoisotopic (exact) mass is 467 g/mol. The number of carbonyl (C=O) groups excluding carboxylic acids is 1. The van der Waals surface area contributed by atoms with Gasteiger partial charge < -0.3 is 20.5 Å². The number of nitrogens with one attached hydrogen (secondary N) is 2. The molecule has 6 nitrogen and oxygen atoms in total. The van der Waals surface area contributed by atoms with Gasteiger partial charge in [0.1, 0.15) is 17.7 Å². The van der Waals surface area contributed by atoms with Crippen LogP contribution < -0.4 is 15.8 Å². The first-order valence-electron chi connectivity index (χ1n) is 11.0. The number of nitrogen functional groups attached to an aromatic ring is 1. The van der Waals surface area contributed by atoms with Crippen molar-refractivity contribution >= 4 is 35.0 Å². The summed E-state index contributed by atoms with van der Waals surface area (Å²) in [6, 6.07) is 19.6. The number of halogens is 1. The summed E-state index contributed by atoms with van der Waals surface area (Å²) >= 11 is 0. The lowest BCUT2D eigenvalue weighted by atomic mass is 9.91. The zero-order chi connectivity index (χ0) is 22.5. The van der Waals surface area contributed by atoms with Gasteiger partial charge in [-0.2, -0.15) is 0 Å². The Hall–Kier alpha value is -3.09. The van der Waals surface area contributed by atoms with Crippen molar-refractivity contribution in [2.75, 3.05) is 19.7 Å². The van der Waals surface area contributed by atoms with E-state index in [0.29, 0.717) is 18.6 Å². The summed E-state index contributed by atoms with van der Waals surface area (Å²) in [7, 11) is 0. The normalized spacial score (nSPS) is 16.1. The average Bonchev–Trinajstić information content (AvgIpc) is 3.31. The predicted octanol–water partition coefficient (Wildman–Crippen LogP) is 4.18. The van der Waals surface area contributed by atoms with E-state index in [1.54, 1.807) is 0 Å². The van der Waals surface area contributed by atoms with Gasteiger partial charge in [-0.1, -0.05) is 42.5 Å². The molecule has 33 heavy (non-hydrogen) atoms. The number of nitrogens with two attached hydrogens (primary N) is 1. The summed E-state index contributed by atoms with van der Waals surface area (Å²) in [5.74, 6) is 0.203. The van der Waals surface area contributed by atoms with E-state index in [9.17, 15) is 4.79 Å². The number of ether oxygens (including phenoxy) is 2. The van der Waals surface area contributed by atoms with Crippen LogP contribution in [-0.4, -0.2) is 37.6 Å². The van der Waals surface area contributed by atoms with E-state index in [4.69, 9.17) is 20.6 Å². The largest absolute Gasteiger partial charge is 0.489 e. The lowest BCUT2D eigenvalue weighted by Crippen LogP contribution is -2.20. The molecule has 1 aliphatic heterocycles. The Morgan fingerprint density at radius 1 is 1.12 bits per heavy atom. The molecule has 0 aliphatic carbocycles. The van der Waals surface area contributed by atoms with E-state index in [-0.39, 0.29) is 30.3 Å². The molecule has 1 heterocycles. The Morgan fingerprint density at radius 3 is 2.55 bits per heavy atom. The van der Waals surface area contributed by atoms with Crippen LogP contribution in [-0.2, 0) is 16.0 Å². The molecule has 4 rings (SSSR count). The molecule has 3 aromatic rings. The Kier molecular flexibility index (Phi) is 8.31. The molecule has 4 N–H and O–H groups in total. The summed E-state index contributed by atoms with van der Waals surface area (Å²) in [6.07, 6.45) is 1.71. The first-order chi connectivity index (χ1) is 15.5. The third kappa shape index (κ3) is 6.03. The number of benzene rings is 3. The maximum absolute atomic E-state index is 12.8. The van der Waals surface area contributed by atoms with Crippen molar-refractivity contribution in [3.63, 3.8) is 0 Å². The molecule has 1 saturated heterocycles. The maximum Gasteiger partial charge on any atom is 0.313 e. The highest BCUT2D eigenvalue weighted by molar-refractivity contribution is 5.99. The smallest absolute Gasteiger partial charge is 0.313 e. The van der Waals surface area contributed by atoms with Crippen LogP contribution in [0.4, 0.5) is 0 Å². The molecule has 1 aliphatic rings. The van der Waals surface area contributed by atoms with Crippen molar-refractivity contribution in [1.82, 2.24) is 5.32 Å². The Bertz CT molecular complexity index is 1110. The van der Waals surface area contributed by atoms with Gasteiger partial charge in [0.2, 0.25) is 0 Å². The molecule has 1 fully saturated rings. The van der Waals surface area contributed by atoms with Gasteiger partial charge in [-0.25, -0.2) is 0 Å². The Balaban J connectivity index is 0.00000306. The van der Waals surface area contributed by atoms with Gasteiger partial charge in [-0.3, -0.25) is 10.2 Å². The summed E-state index contributed by atoms with van der Waals surface area (Å²) in [6.45, 7) is 4.00. The van der Waals surface area contributed by atoms with E-state index in [1.807, 2.05) is 61.5 Å². The highest BCUT2D eigenvalue weighted by Crippen LogP contribution is 2.27. The number of esters is 1. The molecule has 0 saturated carbocycles. The van der Waals surface area contributed by atoms with Crippen LogP contribution in [0.15, 0.2) is 60.7 Å². The highest BCUT2D eigenvalue weighted by Gasteiger charge is 2.23. The maximum atomic E-state index is 12.8. The molecule has 0 spiro atoms. The molecule has 7 heteroatoms. The van der Waals surface area contributed by atoms with Crippen molar-refractivity contribution in [2.45, 2.75) is 31.8 Å². The fraction of sp³-hybridized carbons (Fsp3) is 0.308. The lowest BCUT2D eigenvalue weighted by Gasteiger charge is -2.18. The predicted molar refractivity (Wildman–Crippen MR) is 134 cm³/mol. The molecule has 0 amide bonds. The lowest BCUT2D eigenvalue weighted by molar-refractivity contribution is -0.144. The first-order valence-corrected chi connectivity index (χ1v) is 11.0.